The van der Waals surface area contributed by atoms with Crippen molar-refractivity contribution >= 4 is 11.8 Å². The van der Waals surface area contributed by atoms with E-state index in [-0.39, 0.29) is 0 Å². The van der Waals surface area contributed by atoms with Gasteiger partial charge in [0.25, 0.3) is 0 Å². The van der Waals surface area contributed by atoms with E-state index in [9.17, 15) is 0 Å². The first kappa shape index (κ1) is 13.9. The molecule has 0 heterocycles. The Hall–Kier alpha value is -0.510. The van der Waals surface area contributed by atoms with Gasteiger partial charge in [0.1, 0.15) is 0 Å². The molecule has 0 aliphatic heterocycles. The maximum Gasteiger partial charge on any atom is 0.00693 e. The molecule has 0 aromatic heterocycles. The number of nitrogens with two attached hydrogens (primary N) is 1. The zero-order chi connectivity index (χ0) is 12.8. The van der Waals surface area contributed by atoms with Crippen LogP contribution in [0.5, 0.6) is 0 Å². The third-order valence-corrected chi connectivity index (χ3v) is 4.52. The van der Waals surface area contributed by atoms with E-state index >= 15 is 0 Å². The molecule has 2 rings (SSSR count). The molecule has 1 aliphatic rings. The van der Waals surface area contributed by atoms with Crippen LogP contribution in [0.15, 0.2) is 29.2 Å². The van der Waals surface area contributed by atoms with Gasteiger partial charge < -0.3 is 11.1 Å². The molecule has 0 unspecified atom stereocenters. The standard InChI is InChI=1S/C15H24N2S/c1-18-15-8-2-12(3-9-15)10-11-17-14-6-4-13(16)5-7-14/h2-3,8-9,13-14,17H,4-7,10-11,16H2,1H3. The quantitative estimate of drug-likeness (QED) is 0.803. The summed E-state index contributed by atoms with van der Waals surface area (Å²) in [7, 11) is 0. The minimum Gasteiger partial charge on any atom is -0.328 e. The lowest BCUT2D eigenvalue weighted by Gasteiger charge is -2.26. The summed E-state index contributed by atoms with van der Waals surface area (Å²) in [5, 5.41) is 3.66. The Morgan fingerprint density at radius 3 is 2.44 bits per heavy atom. The molecule has 0 radical (unpaired) electrons. The van der Waals surface area contributed by atoms with E-state index in [1.165, 1.54) is 36.1 Å². The summed E-state index contributed by atoms with van der Waals surface area (Å²) in [6.45, 7) is 1.08. The van der Waals surface area contributed by atoms with Crippen molar-refractivity contribution in [2.75, 3.05) is 12.8 Å². The highest BCUT2D eigenvalue weighted by Gasteiger charge is 2.17. The van der Waals surface area contributed by atoms with Crippen molar-refractivity contribution < 1.29 is 0 Å². The highest BCUT2D eigenvalue weighted by Crippen LogP contribution is 2.17. The lowest BCUT2D eigenvalue weighted by molar-refractivity contribution is 0.344. The van der Waals surface area contributed by atoms with Crippen LogP contribution in [-0.4, -0.2) is 24.9 Å². The molecule has 0 saturated heterocycles. The van der Waals surface area contributed by atoms with Gasteiger partial charge >= 0.3 is 0 Å². The number of rotatable bonds is 5. The topological polar surface area (TPSA) is 38.0 Å². The summed E-state index contributed by atoms with van der Waals surface area (Å²) in [6, 6.07) is 10.0. The molecule has 1 aromatic carbocycles. The second-order valence-corrected chi connectivity index (χ2v) is 6.04. The largest absolute Gasteiger partial charge is 0.328 e. The van der Waals surface area contributed by atoms with Crippen LogP contribution in [0.4, 0.5) is 0 Å². The molecule has 3 N–H and O–H groups in total. The van der Waals surface area contributed by atoms with E-state index in [1.54, 1.807) is 11.8 Å². The molecule has 0 bridgehead atoms. The Morgan fingerprint density at radius 2 is 1.83 bits per heavy atom. The molecule has 100 valence electrons. The summed E-state index contributed by atoms with van der Waals surface area (Å²) in [6.07, 6.45) is 8.08. The average Bonchev–Trinajstić information content (AvgIpc) is 2.42. The molecule has 0 amide bonds. The summed E-state index contributed by atoms with van der Waals surface area (Å²) in [4.78, 5) is 1.34. The highest BCUT2D eigenvalue weighted by molar-refractivity contribution is 7.98. The summed E-state index contributed by atoms with van der Waals surface area (Å²) in [5.74, 6) is 0. The van der Waals surface area contributed by atoms with Crippen LogP contribution in [0.1, 0.15) is 31.2 Å². The first-order valence-electron chi connectivity index (χ1n) is 6.90. The molecular formula is C15H24N2S. The fraction of sp³-hybridized carbons (Fsp3) is 0.600. The molecular weight excluding hydrogens is 240 g/mol. The summed E-state index contributed by atoms with van der Waals surface area (Å²) >= 11 is 1.80. The van der Waals surface area contributed by atoms with Crippen LogP contribution in [0.2, 0.25) is 0 Å². The van der Waals surface area contributed by atoms with Gasteiger partial charge in [-0.05, 0) is 62.6 Å². The van der Waals surface area contributed by atoms with Crippen molar-refractivity contribution in [3.05, 3.63) is 29.8 Å². The Bertz CT molecular complexity index is 342. The molecule has 1 aromatic rings. The predicted octanol–water partition coefficient (Wildman–Crippen LogP) is 2.81. The minimum absolute atomic E-state index is 0.446. The van der Waals surface area contributed by atoms with E-state index in [0.29, 0.717) is 12.1 Å². The molecule has 2 nitrogen and oxygen atoms in total. The van der Waals surface area contributed by atoms with E-state index in [4.69, 9.17) is 5.73 Å². The van der Waals surface area contributed by atoms with Gasteiger partial charge in [0.2, 0.25) is 0 Å². The van der Waals surface area contributed by atoms with Crippen LogP contribution in [0.3, 0.4) is 0 Å². The van der Waals surface area contributed by atoms with Gasteiger partial charge in [0, 0.05) is 17.0 Å². The second kappa shape index (κ2) is 7.17. The Balaban J connectivity index is 1.68. The average molecular weight is 264 g/mol. The third kappa shape index (κ3) is 4.30. The summed E-state index contributed by atoms with van der Waals surface area (Å²) in [5.41, 5.74) is 7.34. The number of hydrogen-bond acceptors (Lipinski definition) is 3. The Labute approximate surface area is 115 Å². The highest BCUT2D eigenvalue weighted by atomic mass is 32.2. The van der Waals surface area contributed by atoms with Crippen molar-refractivity contribution in [3.63, 3.8) is 0 Å². The van der Waals surface area contributed by atoms with Crippen LogP contribution >= 0.6 is 11.8 Å². The minimum atomic E-state index is 0.446. The lowest BCUT2D eigenvalue weighted by Crippen LogP contribution is -2.38. The Morgan fingerprint density at radius 1 is 1.17 bits per heavy atom. The molecule has 0 spiro atoms. The van der Waals surface area contributed by atoms with Crippen LogP contribution < -0.4 is 11.1 Å². The third-order valence-electron chi connectivity index (χ3n) is 3.78. The van der Waals surface area contributed by atoms with Gasteiger partial charge in [0.05, 0.1) is 0 Å². The summed E-state index contributed by atoms with van der Waals surface area (Å²) < 4.78 is 0. The van der Waals surface area contributed by atoms with Crippen LogP contribution in [-0.2, 0) is 6.42 Å². The SMILES string of the molecule is CSc1ccc(CCNC2CCC(N)CC2)cc1. The molecule has 1 fully saturated rings. The number of hydrogen-bond donors (Lipinski definition) is 2. The molecule has 18 heavy (non-hydrogen) atoms. The van der Waals surface area contributed by atoms with Crippen molar-refractivity contribution in [1.29, 1.82) is 0 Å². The maximum absolute atomic E-state index is 5.91. The van der Waals surface area contributed by atoms with Crippen molar-refractivity contribution in [2.45, 2.75) is 49.1 Å². The first-order chi connectivity index (χ1) is 8.78. The number of thioether (sulfide) groups is 1. The van der Waals surface area contributed by atoms with E-state index in [2.05, 4.69) is 35.8 Å². The lowest BCUT2D eigenvalue weighted by atomic mass is 9.92. The number of benzene rings is 1. The smallest absolute Gasteiger partial charge is 0.00693 e. The molecule has 0 atom stereocenters. The van der Waals surface area contributed by atoms with Gasteiger partial charge in [0.15, 0.2) is 0 Å². The van der Waals surface area contributed by atoms with Gasteiger partial charge in [-0.2, -0.15) is 0 Å². The van der Waals surface area contributed by atoms with Gasteiger partial charge in [-0.15, -0.1) is 11.8 Å². The first-order valence-corrected chi connectivity index (χ1v) is 8.12. The molecule has 3 heteroatoms. The second-order valence-electron chi connectivity index (χ2n) is 5.16. The van der Waals surface area contributed by atoms with Gasteiger partial charge in [-0.25, -0.2) is 0 Å². The van der Waals surface area contributed by atoms with Crippen molar-refractivity contribution in [1.82, 2.24) is 5.32 Å². The fourth-order valence-electron chi connectivity index (χ4n) is 2.54. The normalized spacial score (nSPS) is 24.1. The van der Waals surface area contributed by atoms with Gasteiger partial charge in [-0.1, -0.05) is 12.1 Å². The molecule has 1 aliphatic carbocycles. The zero-order valence-corrected chi connectivity index (χ0v) is 12.0. The maximum atomic E-state index is 5.91. The number of nitrogens with one attached hydrogen (secondary N) is 1. The van der Waals surface area contributed by atoms with E-state index < -0.39 is 0 Å². The van der Waals surface area contributed by atoms with Crippen LogP contribution in [0.25, 0.3) is 0 Å². The zero-order valence-electron chi connectivity index (χ0n) is 11.2. The Kier molecular flexibility index (Phi) is 5.54. The van der Waals surface area contributed by atoms with E-state index in [1.807, 2.05) is 0 Å². The fourth-order valence-corrected chi connectivity index (χ4v) is 2.94. The molecule has 1 saturated carbocycles. The van der Waals surface area contributed by atoms with Crippen molar-refractivity contribution in [2.24, 2.45) is 5.73 Å². The van der Waals surface area contributed by atoms with Gasteiger partial charge in [-0.3, -0.25) is 0 Å². The predicted molar refractivity (Wildman–Crippen MR) is 80.2 cm³/mol. The monoisotopic (exact) mass is 264 g/mol. The van der Waals surface area contributed by atoms with E-state index in [0.717, 1.165) is 13.0 Å². The van der Waals surface area contributed by atoms with Crippen LogP contribution in [0, 0.1) is 0 Å². The van der Waals surface area contributed by atoms with Crippen molar-refractivity contribution in [3.8, 4) is 0 Å².